The van der Waals surface area contributed by atoms with Crippen LogP contribution in [0.25, 0.3) is 0 Å². The van der Waals surface area contributed by atoms with Crippen LogP contribution in [-0.4, -0.2) is 45.2 Å². The van der Waals surface area contributed by atoms with Gasteiger partial charge in [-0.15, -0.1) is 0 Å². The van der Waals surface area contributed by atoms with Crippen molar-refractivity contribution in [2.24, 2.45) is 22.9 Å². The summed E-state index contributed by atoms with van der Waals surface area (Å²) < 4.78 is 0. The van der Waals surface area contributed by atoms with Crippen LogP contribution in [0.3, 0.4) is 0 Å². The van der Waals surface area contributed by atoms with E-state index in [-0.39, 0.29) is 10.2 Å². The van der Waals surface area contributed by atoms with E-state index in [0.717, 1.165) is 0 Å². The number of carbonyl (C=O) groups excluding carboxylic acids is 1. The minimum atomic E-state index is -4.61. The lowest BCUT2D eigenvalue weighted by Crippen LogP contribution is -2.33. The third kappa shape index (κ3) is 2030. The number of thiocarbonyl (C=S) groups is 2. The molecule has 0 radical (unpaired) electrons. The van der Waals surface area contributed by atoms with E-state index in [0.29, 0.717) is 0 Å². The monoisotopic (exact) mass is 278 g/mol. The Labute approximate surface area is 97.8 Å². The lowest BCUT2D eigenvalue weighted by molar-refractivity contribution is -0.0980. The minimum absolute atomic E-state index is 0.000000000000000222. The summed E-state index contributed by atoms with van der Waals surface area (Å²) in [5.74, 6) is 0. The fourth-order valence-electron chi connectivity index (χ4n) is 0. The highest BCUT2D eigenvalue weighted by atomic mass is 32.1. The van der Waals surface area contributed by atoms with Crippen molar-refractivity contribution in [3.05, 3.63) is 0 Å². The largest absolute Gasteiger partial charge is 0.668 e. The van der Waals surface area contributed by atoms with E-state index in [1.165, 1.54) is 0 Å². The van der Waals surface area contributed by atoms with Crippen LogP contribution in [0.2, 0.25) is 0 Å². The van der Waals surface area contributed by atoms with Gasteiger partial charge in [-0.25, -0.2) is 0 Å². The first kappa shape index (κ1) is 23.7. The molecule has 0 aromatic rings. The topological polar surface area (TPSA) is 202 Å². The fraction of sp³-hybridized carbons (Fsp3) is 0. The smallest absolute Gasteiger partial charge is 0.377 e. The lowest BCUT2D eigenvalue weighted by Gasteiger charge is -1.91. The van der Waals surface area contributed by atoms with Crippen molar-refractivity contribution in [1.29, 1.82) is 0 Å². The van der Waals surface area contributed by atoms with Crippen LogP contribution in [0.4, 0.5) is 0 Å². The van der Waals surface area contributed by atoms with Crippen LogP contribution < -0.4 is 22.9 Å². The van der Waals surface area contributed by atoms with Gasteiger partial charge in [0.15, 0.2) is 10.2 Å². The van der Waals surface area contributed by atoms with Gasteiger partial charge in [0.05, 0.1) is 0 Å². The van der Waals surface area contributed by atoms with Crippen molar-refractivity contribution >= 4 is 50.5 Å². The molecule has 0 rings (SSSR count). The number of carbonyl (C=O) groups is 1. The molecule has 12 N–H and O–H groups in total. The van der Waals surface area contributed by atoms with Gasteiger partial charge in [-0.1, -0.05) is 0 Å². The van der Waals surface area contributed by atoms with E-state index in [1.54, 1.807) is 0 Å². The van der Waals surface area contributed by atoms with Gasteiger partial charge in [0.1, 0.15) is 6.79 Å². The third-order valence-electron chi connectivity index (χ3n) is 0. The molecule has 0 aliphatic rings. The van der Waals surface area contributed by atoms with Gasteiger partial charge in [-0.3, -0.25) is 0 Å². The summed E-state index contributed by atoms with van der Waals surface area (Å²) in [6.45, 7) is 2.00. The van der Waals surface area contributed by atoms with Crippen LogP contribution in [0.1, 0.15) is 0 Å². The SMILES string of the molecule is C=O.NC(N)=S.NC(N)=S.O[Si](O)(O)O. The third-order valence-corrected chi connectivity index (χ3v) is 0. The first-order valence-corrected chi connectivity index (χ1v) is 5.35. The molecule has 0 aromatic carbocycles. The van der Waals surface area contributed by atoms with E-state index in [4.69, 9.17) is 24.0 Å². The highest BCUT2D eigenvalue weighted by Crippen LogP contribution is 1.67. The highest BCUT2D eigenvalue weighted by molar-refractivity contribution is 7.80. The molecule has 0 amide bonds. The molecule has 0 heterocycles. The summed E-state index contributed by atoms with van der Waals surface area (Å²) >= 11 is 8.19. The molecular weight excluding hydrogens is 264 g/mol. The first-order chi connectivity index (χ1) is 6.46. The van der Waals surface area contributed by atoms with E-state index in [2.05, 4.69) is 47.4 Å². The molecule has 92 valence electrons. The number of hydrogen-bond acceptors (Lipinski definition) is 7. The fourth-order valence-corrected chi connectivity index (χ4v) is 0. The molecule has 0 aliphatic carbocycles. The minimum Gasteiger partial charge on any atom is -0.377 e. The van der Waals surface area contributed by atoms with Crippen LogP contribution in [0.5, 0.6) is 0 Å². The first-order valence-electron chi connectivity index (χ1n) is 2.75. The standard InChI is InChI=1S/2CH4N2S.CH2O.H4O4Si/c2*2-1(3)4;1-2;1-5(2,3)4/h2*(H4,2,3,4);1H2;1-4H. The Morgan fingerprint density at radius 2 is 0.867 bits per heavy atom. The number of hydrogen-bond donors (Lipinski definition) is 8. The Hall–Kier alpha value is -0.893. The molecular formula is C3H14N4O5S2Si. The maximum absolute atomic E-state index is 8.00. The number of nitrogens with two attached hydrogens (primary N) is 4. The van der Waals surface area contributed by atoms with Crippen LogP contribution in [-0.2, 0) is 4.79 Å². The summed E-state index contributed by atoms with van der Waals surface area (Å²) in [7, 11) is -4.61. The van der Waals surface area contributed by atoms with Gasteiger partial charge in [0.25, 0.3) is 0 Å². The molecule has 0 fully saturated rings. The second-order valence-corrected chi connectivity index (χ2v) is 3.55. The molecule has 0 saturated carbocycles. The van der Waals surface area contributed by atoms with Crippen LogP contribution in [0, 0.1) is 0 Å². The van der Waals surface area contributed by atoms with Crippen molar-refractivity contribution in [2.75, 3.05) is 0 Å². The predicted molar refractivity (Wildman–Crippen MR) is 63.7 cm³/mol. The van der Waals surface area contributed by atoms with Gasteiger partial charge in [0, 0.05) is 0 Å². The summed E-state index contributed by atoms with van der Waals surface area (Å²) in [5.41, 5.74) is 18.5. The van der Waals surface area contributed by atoms with E-state index in [9.17, 15) is 0 Å². The van der Waals surface area contributed by atoms with Gasteiger partial charge >= 0.3 is 9.05 Å². The van der Waals surface area contributed by atoms with Gasteiger partial charge in [-0.2, -0.15) is 0 Å². The van der Waals surface area contributed by atoms with Gasteiger partial charge < -0.3 is 46.9 Å². The average molecular weight is 278 g/mol. The zero-order chi connectivity index (χ0) is 13.7. The maximum atomic E-state index is 8.00. The summed E-state index contributed by atoms with van der Waals surface area (Å²) in [4.78, 5) is 37.3. The Bertz CT molecular complexity index is 150. The zero-order valence-electron chi connectivity index (χ0n) is 7.53. The molecule has 0 bridgehead atoms. The van der Waals surface area contributed by atoms with Crippen molar-refractivity contribution in [3.8, 4) is 0 Å². The molecule has 9 nitrogen and oxygen atoms in total. The molecule has 0 aromatic heterocycles. The van der Waals surface area contributed by atoms with Crippen molar-refractivity contribution in [2.45, 2.75) is 0 Å². The zero-order valence-corrected chi connectivity index (χ0v) is 10.2. The maximum Gasteiger partial charge on any atom is 0.668 e. The Morgan fingerprint density at radius 1 is 0.867 bits per heavy atom. The highest BCUT2D eigenvalue weighted by Gasteiger charge is 2.22. The van der Waals surface area contributed by atoms with Crippen LogP contribution in [0.15, 0.2) is 0 Å². The molecule has 15 heavy (non-hydrogen) atoms. The van der Waals surface area contributed by atoms with Crippen molar-refractivity contribution in [1.82, 2.24) is 0 Å². The Morgan fingerprint density at radius 3 is 0.867 bits per heavy atom. The van der Waals surface area contributed by atoms with Crippen molar-refractivity contribution in [3.63, 3.8) is 0 Å². The Kier molecular flexibility index (Phi) is 24.6. The molecule has 0 atom stereocenters. The van der Waals surface area contributed by atoms with E-state index < -0.39 is 9.05 Å². The molecule has 0 saturated heterocycles. The molecule has 0 unspecified atom stereocenters. The molecule has 12 heteroatoms. The lowest BCUT2D eigenvalue weighted by atomic mass is 11.3. The second kappa shape index (κ2) is 15.6. The molecule has 0 spiro atoms. The van der Waals surface area contributed by atoms with Gasteiger partial charge in [0.2, 0.25) is 0 Å². The van der Waals surface area contributed by atoms with E-state index in [1.807, 2.05) is 6.79 Å². The molecule has 0 aliphatic heterocycles. The normalized spacial score (nSPS) is 7.47. The predicted octanol–water partition coefficient (Wildman–Crippen LogP) is -4.42. The Balaban J connectivity index is -0.0000000562. The van der Waals surface area contributed by atoms with Crippen molar-refractivity contribution < 1.29 is 24.0 Å². The summed E-state index contributed by atoms with van der Waals surface area (Å²) in [5, 5.41) is 0.000000000000000444. The van der Waals surface area contributed by atoms with Crippen LogP contribution >= 0.6 is 24.4 Å². The van der Waals surface area contributed by atoms with E-state index >= 15 is 0 Å². The second-order valence-electron chi connectivity index (χ2n) is 1.40. The quantitative estimate of drug-likeness (QED) is 0.157. The summed E-state index contributed by atoms with van der Waals surface area (Å²) in [6, 6.07) is 0. The average Bonchev–Trinajstić information content (AvgIpc) is 1.83. The summed E-state index contributed by atoms with van der Waals surface area (Å²) in [6.07, 6.45) is 0. The van der Waals surface area contributed by atoms with Gasteiger partial charge in [-0.05, 0) is 24.4 Å². The number of rotatable bonds is 0.